The molecular formula is C28H26FN3O5. The number of urea groups is 1. The third-order valence-corrected chi connectivity index (χ3v) is 6.10. The van der Waals surface area contributed by atoms with E-state index < -0.39 is 29.9 Å². The Labute approximate surface area is 213 Å². The van der Waals surface area contributed by atoms with Gasteiger partial charge in [0.15, 0.2) is 0 Å². The molecule has 8 nitrogen and oxygen atoms in total. The first-order valence-electron chi connectivity index (χ1n) is 11.7. The molecule has 0 bridgehead atoms. The molecule has 190 valence electrons. The average Bonchev–Trinajstić information content (AvgIpc) is 3.12. The number of ether oxygens (including phenoxy) is 1. The minimum atomic E-state index is -1.01. The quantitative estimate of drug-likeness (QED) is 0.365. The Hall–Kier alpha value is -4.53. The highest BCUT2D eigenvalue weighted by molar-refractivity contribution is 6.22. The first-order chi connectivity index (χ1) is 17.8. The van der Waals surface area contributed by atoms with Crippen molar-refractivity contribution in [3.63, 3.8) is 0 Å². The molecule has 1 aliphatic rings. The molecule has 0 aliphatic carbocycles. The van der Waals surface area contributed by atoms with Crippen molar-refractivity contribution in [3.8, 4) is 0 Å². The van der Waals surface area contributed by atoms with Gasteiger partial charge in [-0.2, -0.15) is 0 Å². The number of carbonyl (C=O) groups excluding carboxylic acids is 4. The minimum Gasteiger partial charge on any atom is -0.465 e. The molecule has 1 fully saturated rings. The van der Waals surface area contributed by atoms with Gasteiger partial charge in [-0.3, -0.25) is 9.59 Å². The molecule has 0 spiro atoms. The molecule has 1 aliphatic heterocycles. The Morgan fingerprint density at radius 3 is 2.35 bits per heavy atom. The van der Waals surface area contributed by atoms with Gasteiger partial charge in [-0.1, -0.05) is 24.3 Å². The number of imide groups is 1. The summed E-state index contributed by atoms with van der Waals surface area (Å²) in [5, 5.41) is 2.71. The van der Waals surface area contributed by atoms with Crippen molar-refractivity contribution in [1.82, 2.24) is 4.90 Å². The maximum absolute atomic E-state index is 13.4. The molecule has 1 atom stereocenters. The number of methoxy groups -OCH3 is 1. The molecule has 0 unspecified atom stereocenters. The first-order valence-corrected chi connectivity index (χ1v) is 11.7. The van der Waals surface area contributed by atoms with Gasteiger partial charge in [-0.05, 0) is 73.0 Å². The van der Waals surface area contributed by atoms with E-state index in [1.165, 1.54) is 36.3 Å². The van der Waals surface area contributed by atoms with E-state index >= 15 is 0 Å². The lowest BCUT2D eigenvalue weighted by molar-refractivity contribution is -0.124. The number of hydrogen-bond acceptors (Lipinski definition) is 5. The lowest BCUT2D eigenvalue weighted by Gasteiger charge is -2.21. The van der Waals surface area contributed by atoms with Crippen molar-refractivity contribution in [2.45, 2.75) is 25.8 Å². The van der Waals surface area contributed by atoms with Crippen LogP contribution in [0.3, 0.4) is 0 Å². The SMILES string of the molecule is COC(=O)c1ccc(NC(=O)C[C@@H]2C(=O)N(c3cccc(C)c3)C(=O)N2CCc2ccc(F)cc2)cc1. The zero-order chi connectivity index (χ0) is 26.5. The van der Waals surface area contributed by atoms with E-state index in [1.54, 1.807) is 42.5 Å². The van der Waals surface area contributed by atoms with Crippen LogP contribution in [0, 0.1) is 12.7 Å². The van der Waals surface area contributed by atoms with Crippen LogP contribution in [0.5, 0.6) is 0 Å². The monoisotopic (exact) mass is 503 g/mol. The van der Waals surface area contributed by atoms with Gasteiger partial charge in [0.2, 0.25) is 5.91 Å². The summed E-state index contributed by atoms with van der Waals surface area (Å²) in [6.45, 7) is 2.03. The number of benzene rings is 3. The lowest BCUT2D eigenvalue weighted by Crippen LogP contribution is -2.39. The number of aryl methyl sites for hydroxylation is 1. The van der Waals surface area contributed by atoms with Gasteiger partial charge < -0.3 is 15.0 Å². The smallest absolute Gasteiger partial charge is 0.337 e. The molecule has 4 amide bonds. The summed E-state index contributed by atoms with van der Waals surface area (Å²) in [5.74, 6) is -1.82. The Kier molecular flexibility index (Phi) is 7.62. The topological polar surface area (TPSA) is 96.0 Å². The fraction of sp³-hybridized carbons (Fsp3) is 0.214. The number of anilines is 2. The van der Waals surface area contributed by atoms with Crippen molar-refractivity contribution in [2.24, 2.45) is 0 Å². The van der Waals surface area contributed by atoms with Crippen LogP contribution in [0.1, 0.15) is 27.9 Å². The third-order valence-electron chi connectivity index (χ3n) is 6.10. The number of rotatable bonds is 8. The van der Waals surface area contributed by atoms with Crippen molar-refractivity contribution in [2.75, 3.05) is 23.9 Å². The molecule has 1 saturated heterocycles. The van der Waals surface area contributed by atoms with Gasteiger partial charge in [0.1, 0.15) is 11.9 Å². The maximum atomic E-state index is 13.4. The van der Waals surface area contributed by atoms with Gasteiger partial charge in [-0.15, -0.1) is 0 Å². The lowest BCUT2D eigenvalue weighted by atomic mass is 10.1. The van der Waals surface area contributed by atoms with Gasteiger partial charge in [0, 0.05) is 12.2 Å². The third kappa shape index (κ3) is 5.83. The second-order valence-electron chi connectivity index (χ2n) is 8.70. The molecule has 0 radical (unpaired) electrons. The molecule has 37 heavy (non-hydrogen) atoms. The fourth-order valence-electron chi connectivity index (χ4n) is 4.19. The number of nitrogens with zero attached hydrogens (tertiary/aromatic N) is 2. The van der Waals surface area contributed by atoms with E-state index in [9.17, 15) is 23.6 Å². The van der Waals surface area contributed by atoms with Gasteiger partial charge >= 0.3 is 12.0 Å². The number of hydrogen-bond donors (Lipinski definition) is 1. The summed E-state index contributed by atoms with van der Waals surface area (Å²) in [5.41, 5.74) is 2.88. The van der Waals surface area contributed by atoms with E-state index in [0.29, 0.717) is 23.4 Å². The van der Waals surface area contributed by atoms with E-state index in [-0.39, 0.29) is 18.8 Å². The highest BCUT2D eigenvalue weighted by Crippen LogP contribution is 2.28. The van der Waals surface area contributed by atoms with Crippen LogP contribution in [0.2, 0.25) is 0 Å². The molecule has 3 aromatic carbocycles. The molecular weight excluding hydrogens is 477 g/mol. The number of halogens is 1. The first kappa shape index (κ1) is 25.6. The molecule has 0 aromatic heterocycles. The predicted molar refractivity (Wildman–Crippen MR) is 136 cm³/mol. The largest absolute Gasteiger partial charge is 0.465 e. The summed E-state index contributed by atoms with van der Waals surface area (Å²) in [6, 6.07) is 17.5. The Bertz CT molecular complexity index is 1320. The van der Waals surface area contributed by atoms with Crippen LogP contribution >= 0.6 is 0 Å². The van der Waals surface area contributed by atoms with Gasteiger partial charge in [0.05, 0.1) is 24.8 Å². The van der Waals surface area contributed by atoms with Crippen LogP contribution < -0.4 is 10.2 Å². The van der Waals surface area contributed by atoms with Crippen LogP contribution in [0.4, 0.5) is 20.6 Å². The van der Waals surface area contributed by atoms with Crippen LogP contribution in [0.15, 0.2) is 72.8 Å². The van der Waals surface area contributed by atoms with Crippen LogP contribution in [-0.4, -0.2) is 48.4 Å². The molecule has 9 heteroatoms. The summed E-state index contributed by atoms with van der Waals surface area (Å²) >= 11 is 0. The van der Waals surface area contributed by atoms with Crippen LogP contribution in [0.25, 0.3) is 0 Å². The molecule has 0 saturated carbocycles. The van der Waals surface area contributed by atoms with Gasteiger partial charge in [-0.25, -0.2) is 18.9 Å². The van der Waals surface area contributed by atoms with Crippen LogP contribution in [-0.2, 0) is 20.7 Å². The van der Waals surface area contributed by atoms with Crippen molar-refractivity contribution < 1.29 is 28.3 Å². The fourth-order valence-corrected chi connectivity index (χ4v) is 4.19. The minimum absolute atomic E-state index is 0.171. The second-order valence-corrected chi connectivity index (χ2v) is 8.70. The number of amides is 4. The highest BCUT2D eigenvalue weighted by Gasteiger charge is 2.46. The predicted octanol–water partition coefficient (Wildman–Crippen LogP) is 4.33. The summed E-state index contributed by atoms with van der Waals surface area (Å²) in [6.07, 6.45) is 0.128. The Morgan fingerprint density at radius 2 is 1.70 bits per heavy atom. The number of carbonyl (C=O) groups is 4. The Morgan fingerprint density at radius 1 is 1.00 bits per heavy atom. The second kappa shape index (κ2) is 11.0. The maximum Gasteiger partial charge on any atom is 0.337 e. The summed E-state index contributed by atoms with van der Waals surface area (Å²) in [7, 11) is 1.28. The van der Waals surface area contributed by atoms with Crippen molar-refractivity contribution in [3.05, 3.63) is 95.3 Å². The summed E-state index contributed by atoms with van der Waals surface area (Å²) in [4.78, 5) is 53.8. The molecule has 1 heterocycles. The van der Waals surface area contributed by atoms with E-state index in [4.69, 9.17) is 0 Å². The normalized spacial score (nSPS) is 15.2. The van der Waals surface area contributed by atoms with E-state index in [1.807, 2.05) is 13.0 Å². The Balaban J connectivity index is 1.53. The van der Waals surface area contributed by atoms with Crippen molar-refractivity contribution >= 4 is 35.2 Å². The van der Waals surface area contributed by atoms with Crippen molar-refractivity contribution in [1.29, 1.82) is 0 Å². The highest BCUT2D eigenvalue weighted by atomic mass is 19.1. The van der Waals surface area contributed by atoms with E-state index in [0.717, 1.165) is 16.0 Å². The van der Waals surface area contributed by atoms with E-state index in [2.05, 4.69) is 10.1 Å². The molecule has 1 N–H and O–H groups in total. The zero-order valence-corrected chi connectivity index (χ0v) is 20.4. The average molecular weight is 504 g/mol. The molecule has 3 aromatic rings. The number of nitrogens with one attached hydrogen (secondary N) is 1. The van der Waals surface area contributed by atoms with Gasteiger partial charge in [0.25, 0.3) is 5.91 Å². The standard InChI is InChI=1S/C28H26FN3O5/c1-18-4-3-5-23(16-18)32-26(34)24(31(28(32)36)15-14-19-6-10-21(29)11-7-19)17-25(33)30-22-12-8-20(9-13-22)27(35)37-2/h3-13,16,24H,14-15,17H2,1-2H3,(H,30,33)/t24-/m1/s1. The zero-order valence-electron chi connectivity index (χ0n) is 20.4. The number of esters is 1. The molecule has 4 rings (SSSR count). The summed E-state index contributed by atoms with van der Waals surface area (Å²) < 4.78 is 18.0.